The number of anilines is 1. The Morgan fingerprint density at radius 1 is 1.29 bits per heavy atom. The maximum atomic E-state index is 6.05. The molecule has 0 amide bonds. The second-order valence-electron chi connectivity index (χ2n) is 5.80. The highest BCUT2D eigenvalue weighted by molar-refractivity contribution is 7.99. The van der Waals surface area contributed by atoms with Crippen molar-refractivity contribution in [3.63, 3.8) is 0 Å². The van der Waals surface area contributed by atoms with E-state index in [9.17, 15) is 0 Å². The second-order valence-corrected chi connectivity index (χ2v) is 7.02. The highest BCUT2D eigenvalue weighted by Crippen LogP contribution is 2.26. The van der Waals surface area contributed by atoms with Gasteiger partial charge < -0.3 is 10.6 Å². The van der Waals surface area contributed by atoms with Crippen molar-refractivity contribution in [1.82, 2.24) is 4.98 Å². The first-order chi connectivity index (χ1) is 10.2. The molecule has 3 rings (SSSR count). The number of para-hydroxylation sites is 1. The Bertz CT molecular complexity index is 604. The number of aromatic nitrogens is 1. The first-order valence-electron chi connectivity index (χ1n) is 7.71. The molecule has 1 saturated heterocycles. The normalized spacial score (nSPS) is 17.7. The standard InChI is InChI=1S/C17H23N3S/c1-13(18)11-15-12-14-5-2-3-6-16(14)19-17(15)20-7-4-9-21-10-8-20/h2-3,5-6,12-13H,4,7-11,18H2,1H3. The Balaban J connectivity index is 2.03. The summed E-state index contributed by atoms with van der Waals surface area (Å²) in [4.78, 5) is 7.40. The van der Waals surface area contributed by atoms with Crippen LogP contribution in [0.2, 0.25) is 0 Å². The first-order valence-corrected chi connectivity index (χ1v) is 8.86. The molecule has 112 valence electrons. The molecule has 0 aliphatic carbocycles. The Kier molecular flexibility index (Phi) is 4.66. The lowest BCUT2D eigenvalue weighted by Crippen LogP contribution is -2.29. The number of nitrogens with two attached hydrogens (primary N) is 1. The molecule has 21 heavy (non-hydrogen) atoms. The summed E-state index contributed by atoms with van der Waals surface area (Å²) in [7, 11) is 0. The number of thioether (sulfide) groups is 1. The second kappa shape index (κ2) is 6.67. The van der Waals surface area contributed by atoms with Gasteiger partial charge in [0.25, 0.3) is 0 Å². The third-order valence-corrected chi connectivity index (χ3v) is 4.89. The van der Waals surface area contributed by atoms with E-state index in [0.29, 0.717) is 0 Å². The summed E-state index contributed by atoms with van der Waals surface area (Å²) in [5.41, 5.74) is 8.42. The zero-order valence-corrected chi connectivity index (χ0v) is 13.4. The molecule has 4 heteroatoms. The maximum Gasteiger partial charge on any atom is 0.132 e. The van der Waals surface area contributed by atoms with Gasteiger partial charge in [-0.15, -0.1) is 0 Å². The molecular weight excluding hydrogens is 278 g/mol. The molecule has 2 heterocycles. The van der Waals surface area contributed by atoms with E-state index in [4.69, 9.17) is 10.7 Å². The van der Waals surface area contributed by atoms with Crippen LogP contribution in [-0.2, 0) is 6.42 Å². The molecule has 1 unspecified atom stereocenters. The molecule has 0 bridgehead atoms. The van der Waals surface area contributed by atoms with Gasteiger partial charge in [-0.2, -0.15) is 11.8 Å². The number of nitrogens with zero attached hydrogens (tertiary/aromatic N) is 2. The van der Waals surface area contributed by atoms with Gasteiger partial charge in [0.1, 0.15) is 5.82 Å². The molecule has 0 radical (unpaired) electrons. The van der Waals surface area contributed by atoms with Gasteiger partial charge in [-0.3, -0.25) is 0 Å². The van der Waals surface area contributed by atoms with Crippen molar-refractivity contribution in [2.24, 2.45) is 5.73 Å². The van der Waals surface area contributed by atoms with Crippen molar-refractivity contribution in [2.45, 2.75) is 25.8 Å². The molecule has 0 saturated carbocycles. The van der Waals surface area contributed by atoms with Gasteiger partial charge in [-0.05, 0) is 43.2 Å². The molecule has 1 atom stereocenters. The van der Waals surface area contributed by atoms with Gasteiger partial charge in [0.05, 0.1) is 5.52 Å². The van der Waals surface area contributed by atoms with Crippen LogP contribution in [0.4, 0.5) is 5.82 Å². The van der Waals surface area contributed by atoms with Crippen LogP contribution in [-0.4, -0.2) is 35.6 Å². The quantitative estimate of drug-likeness (QED) is 0.946. The highest BCUT2D eigenvalue weighted by Gasteiger charge is 2.17. The lowest BCUT2D eigenvalue weighted by molar-refractivity contribution is 0.725. The van der Waals surface area contributed by atoms with Crippen molar-refractivity contribution < 1.29 is 0 Å². The Morgan fingerprint density at radius 3 is 3.00 bits per heavy atom. The third kappa shape index (κ3) is 3.50. The predicted octanol–water partition coefficient (Wildman–Crippen LogP) is 3.07. The van der Waals surface area contributed by atoms with Crippen molar-refractivity contribution in [1.29, 1.82) is 0 Å². The van der Waals surface area contributed by atoms with E-state index in [1.165, 1.54) is 28.9 Å². The number of hydrogen-bond acceptors (Lipinski definition) is 4. The van der Waals surface area contributed by atoms with E-state index in [2.05, 4.69) is 42.2 Å². The molecule has 3 nitrogen and oxygen atoms in total. The summed E-state index contributed by atoms with van der Waals surface area (Å²) in [6.45, 7) is 4.25. The minimum absolute atomic E-state index is 0.160. The van der Waals surface area contributed by atoms with E-state index >= 15 is 0 Å². The number of fused-ring (bicyclic) bond motifs is 1. The summed E-state index contributed by atoms with van der Waals surface area (Å²) < 4.78 is 0. The SMILES string of the molecule is CC(N)Cc1cc2ccccc2nc1N1CCCSCC1. The van der Waals surface area contributed by atoms with Gasteiger partial charge >= 0.3 is 0 Å². The van der Waals surface area contributed by atoms with Gasteiger partial charge in [-0.1, -0.05) is 18.2 Å². The number of rotatable bonds is 3. The summed E-state index contributed by atoms with van der Waals surface area (Å²) >= 11 is 2.04. The topological polar surface area (TPSA) is 42.1 Å². The maximum absolute atomic E-state index is 6.05. The summed E-state index contributed by atoms with van der Waals surface area (Å²) in [5, 5.41) is 1.21. The average Bonchev–Trinajstić information content (AvgIpc) is 2.75. The van der Waals surface area contributed by atoms with Crippen LogP contribution in [0.5, 0.6) is 0 Å². The van der Waals surface area contributed by atoms with Crippen molar-refractivity contribution in [3.8, 4) is 0 Å². The fourth-order valence-corrected chi connectivity index (χ4v) is 3.77. The van der Waals surface area contributed by atoms with Gasteiger partial charge in [0, 0.05) is 30.3 Å². The number of pyridine rings is 1. The first kappa shape index (κ1) is 14.7. The summed E-state index contributed by atoms with van der Waals surface area (Å²) in [6, 6.07) is 10.8. The van der Waals surface area contributed by atoms with E-state index in [1.54, 1.807) is 0 Å². The van der Waals surface area contributed by atoms with Crippen molar-refractivity contribution in [3.05, 3.63) is 35.9 Å². The van der Waals surface area contributed by atoms with Crippen molar-refractivity contribution in [2.75, 3.05) is 29.5 Å². The average molecular weight is 301 g/mol. The van der Waals surface area contributed by atoms with Crippen LogP contribution >= 0.6 is 11.8 Å². The molecule has 1 aromatic heterocycles. The van der Waals surface area contributed by atoms with Crippen LogP contribution in [0.25, 0.3) is 10.9 Å². The van der Waals surface area contributed by atoms with E-state index in [1.807, 2.05) is 11.8 Å². The number of benzene rings is 1. The molecule has 1 aliphatic rings. The van der Waals surface area contributed by atoms with Gasteiger partial charge in [0.2, 0.25) is 0 Å². The zero-order valence-electron chi connectivity index (χ0n) is 12.6. The summed E-state index contributed by atoms with van der Waals surface area (Å²) in [5.74, 6) is 3.59. The number of hydrogen-bond donors (Lipinski definition) is 1. The monoisotopic (exact) mass is 301 g/mol. The van der Waals surface area contributed by atoms with Crippen LogP contribution in [0.3, 0.4) is 0 Å². The van der Waals surface area contributed by atoms with Crippen LogP contribution in [0.1, 0.15) is 18.9 Å². The van der Waals surface area contributed by atoms with Gasteiger partial charge in [-0.25, -0.2) is 4.98 Å². The predicted molar refractivity (Wildman–Crippen MR) is 93.3 cm³/mol. The van der Waals surface area contributed by atoms with Crippen LogP contribution in [0, 0.1) is 0 Å². The minimum Gasteiger partial charge on any atom is -0.356 e. The molecule has 2 aromatic rings. The Morgan fingerprint density at radius 2 is 2.14 bits per heavy atom. The van der Waals surface area contributed by atoms with Crippen LogP contribution < -0.4 is 10.6 Å². The molecule has 1 aromatic carbocycles. The van der Waals surface area contributed by atoms with Crippen LogP contribution in [0.15, 0.2) is 30.3 Å². The zero-order chi connectivity index (χ0) is 14.7. The lowest BCUT2D eigenvalue weighted by Gasteiger charge is -2.25. The van der Waals surface area contributed by atoms with E-state index in [-0.39, 0.29) is 6.04 Å². The van der Waals surface area contributed by atoms with E-state index in [0.717, 1.165) is 30.8 Å². The largest absolute Gasteiger partial charge is 0.356 e. The fourth-order valence-electron chi connectivity index (χ4n) is 2.88. The third-order valence-electron chi connectivity index (χ3n) is 3.84. The Labute approximate surface area is 130 Å². The molecule has 1 fully saturated rings. The molecule has 0 spiro atoms. The summed E-state index contributed by atoms with van der Waals surface area (Å²) in [6.07, 6.45) is 2.12. The highest BCUT2D eigenvalue weighted by atomic mass is 32.2. The Hall–Kier alpha value is -1.26. The molecular formula is C17H23N3S. The van der Waals surface area contributed by atoms with Gasteiger partial charge in [0.15, 0.2) is 0 Å². The van der Waals surface area contributed by atoms with E-state index < -0.39 is 0 Å². The minimum atomic E-state index is 0.160. The van der Waals surface area contributed by atoms with Crippen molar-refractivity contribution >= 4 is 28.5 Å². The molecule has 2 N–H and O–H groups in total. The lowest BCUT2D eigenvalue weighted by atomic mass is 10.0. The fraction of sp³-hybridized carbons (Fsp3) is 0.471. The molecule has 1 aliphatic heterocycles. The smallest absolute Gasteiger partial charge is 0.132 e.